The second kappa shape index (κ2) is 6.76. The molecule has 0 aromatic heterocycles. The van der Waals surface area contributed by atoms with Crippen molar-refractivity contribution in [1.29, 1.82) is 0 Å². The molecule has 0 spiro atoms. The largest absolute Gasteiger partial charge is 0.480 e. The fourth-order valence-corrected chi connectivity index (χ4v) is 3.53. The fraction of sp³-hybridized carbons (Fsp3) is 0.417. The molecule has 0 atom stereocenters. The molecule has 0 heterocycles. The van der Waals surface area contributed by atoms with Gasteiger partial charge in [-0.25, -0.2) is 8.42 Å². The maximum Gasteiger partial charge on any atom is 0.318 e. The van der Waals surface area contributed by atoms with Crippen LogP contribution in [0.4, 0.5) is 0 Å². The minimum atomic E-state index is -3.92. The van der Waals surface area contributed by atoms with E-state index in [0.29, 0.717) is 0 Å². The average Bonchev–Trinajstić information content (AvgIpc) is 2.30. The number of hydrogen-bond acceptors (Lipinski definition) is 3. The second-order valence-corrected chi connectivity index (χ2v) is 7.41. The number of carbonyl (C=O) groups is 1. The van der Waals surface area contributed by atoms with Crippen molar-refractivity contribution in [2.24, 2.45) is 5.92 Å². The predicted molar refractivity (Wildman–Crippen MR) is 77.7 cm³/mol. The third-order valence-electron chi connectivity index (χ3n) is 2.41. The van der Waals surface area contributed by atoms with Gasteiger partial charge in [0.25, 0.3) is 0 Å². The molecule has 1 aromatic carbocycles. The first-order valence-electron chi connectivity index (χ1n) is 5.81. The van der Waals surface area contributed by atoms with E-state index in [1.807, 2.05) is 0 Å². The Labute approximate surface area is 128 Å². The highest BCUT2D eigenvalue weighted by Gasteiger charge is 2.27. The molecule has 0 aliphatic heterocycles. The molecule has 0 amide bonds. The summed E-state index contributed by atoms with van der Waals surface area (Å²) >= 11 is 11.5. The van der Waals surface area contributed by atoms with Crippen molar-refractivity contribution in [2.75, 3.05) is 13.1 Å². The molecule has 0 aliphatic rings. The van der Waals surface area contributed by atoms with Gasteiger partial charge in [0, 0.05) is 6.54 Å². The summed E-state index contributed by atoms with van der Waals surface area (Å²) in [5, 5.41) is 9.19. The molecular formula is C12H15Cl2NO4S. The smallest absolute Gasteiger partial charge is 0.318 e. The van der Waals surface area contributed by atoms with E-state index in [2.05, 4.69) is 0 Å². The SMILES string of the molecule is CC(C)CN(CC(=O)O)S(=O)(=O)c1ccc(Cl)c(Cl)c1. The Hall–Kier alpha value is -0.820. The van der Waals surface area contributed by atoms with Gasteiger partial charge in [0.15, 0.2) is 0 Å². The second-order valence-electron chi connectivity index (χ2n) is 4.66. The Morgan fingerprint density at radius 1 is 1.30 bits per heavy atom. The van der Waals surface area contributed by atoms with Gasteiger partial charge in [-0.05, 0) is 24.1 Å². The fourth-order valence-electron chi connectivity index (χ4n) is 1.59. The van der Waals surface area contributed by atoms with Gasteiger partial charge in [-0.3, -0.25) is 4.79 Å². The minimum Gasteiger partial charge on any atom is -0.480 e. The Balaban J connectivity index is 3.20. The van der Waals surface area contributed by atoms with Crippen LogP contribution < -0.4 is 0 Å². The summed E-state index contributed by atoms with van der Waals surface area (Å²) in [6.45, 7) is 3.12. The normalized spacial score (nSPS) is 12.1. The van der Waals surface area contributed by atoms with Crippen molar-refractivity contribution in [2.45, 2.75) is 18.7 Å². The lowest BCUT2D eigenvalue weighted by molar-refractivity contribution is -0.137. The molecule has 20 heavy (non-hydrogen) atoms. The number of carboxylic acid groups (broad SMARTS) is 1. The molecule has 1 N–H and O–H groups in total. The Kier molecular flexibility index (Phi) is 5.82. The zero-order valence-corrected chi connectivity index (χ0v) is 13.3. The quantitative estimate of drug-likeness (QED) is 0.864. The van der Waals surface area contributed by atoms with Crippen molar-refractivity contribution in [3.63, 3.8) is 0 Å². The van der Waals surface area contributed by atoms with Crippen molar-refractivity contribution in [1.82, 2.24) is 4.31 Å². The monoisotopic (exact) mass is 339 g/mol. The lowest BCUT2D eigenvalue weighted by Crippen LogP contribution is -2.38. The number of benzene rings is 1. The summed E-state index contributed by atoms with van der Waals surface area (Å²) in [4.78, 5) is 10.8. The highest BCUT2D eigenvalue weighted by Crippen LogP contribution is 2.26. The van der Waals surface area contributed by atoms with Crippen LogP contribution in [0, 0.1) is 5.92 Å². The van der Waals surface area contributed by atoms with Crippen molar-refractivity contribution in [3.05, 3.63) is 28.2 Å². The van der Waals surface area contributed by atoms with E-state index in [1.165, 1.54) is 18.2 Å². The van der Waals surface area contributed by atoms with Gasteiger partial charge in [0.1, 0.15) is 6.54 Å². The first kappa shape index (κ1) is 17.2. The van der Waals surface area contributed by atoms with E-state index in [0.717, 1.165) is 4.31 Å². The minimum absolute atomic E-state index is 0.00750. The predicted octanol–water partition coefficient (Wildman–Crippen LogP) is 2.72. The van der Waals surface area contributed by atoms with Crippen LogP contribution in [-0.2, 0) is 14.8 Å². The first-order valence-corrected chi connectivity index (χ1v) is 8.01. The van der Waals surface area contributed by atoms with Gasteiger partial charge in [-0.1, -0.05) is 37.0 Å². The molecule has 0 bridgehead atoms. The van der Waals surface area contributed by atoms with E-state index in [4.69, 9.17) is 28.3 Å². The summed E-state index contributed by atoms with van der Waals surface area (Å²) in [5.41, 5.74) is 0. The van der Waals surface area contributed by atoms with E-state index >= 15 is 0 Å². The number of carboxylic acids is 1. The van der Waals surface area contributed by atoms with Crippen LogP contribution in [0.3, 0.4) is 0 Å². The molecule has 112 valence electrons. The number of halogens is 2. The summed E-state index contributed by atoms with van der Waals surface area (Å²) in [6, 6.07) is 3.89. The van der Waals surface area contributed by atoms with Crippen LogP contribution in [0.15, 0.2) is 23.1 Å². The van der Waals surface area contributed by atoms with Crippen LogP contribution >= 0.6 is 23.2 Å². The molecular weight excluding hydrogens is 325 g/mol. The van der Waals surface area contributed by atoms with Gasteiger partial charge in [0.2, 0.25) is 10.0 Å². The summed E-state index contributed by atoms with van der Waals surface area (Å²) in [6.07, 6.45) is 0. The molecule has 0 saturated carbocycles. The number of hydrogen-bond donors (Lipinski definition) is 1. The van der Waals surface area contributed by atoms with E-state index in [-0.39, 0.29) is 27.4 Å². The van der Waals surface area contributed by atoms with E-state index in [9.17, 15) is 13.2 Å². The van der Waals surface area contributed by atoms with Crippen LogP contribution in [0.5, 0.6) is 0 Å². The molecule has 1 aromatic rings. The number of aliphatic carboxylic acids is 1. The third kappa shape index (κ3) is 4.34. The molecule has 0 fully saturated rings. The van der Waals surface area contributed by atoms with Gasteiger partial charge in [0.05, 0.1) is 14.9 Å². The van der Waals surface area contributed by atoms with Crippen LogP contribution in [0.25, 0.3) is 0 Å². The standard InChI is InChI=1S/C12H15Cl2NO4S/c1-8(2)6-15(7-12(16)17)20(18,19)9-3-4-10(13)11(14)5-9/h3-5,8H,6-7H2,1-2H3,(H,16,17). The number of nitrogens with zero attached hydrogens (tertiary/aromatic N) is 1. The van der Waals surface area contributed by atoms with Gasteiger partial charge in [-0.2, -0.15) is 4.31 Å². The molecule has 0 aliphatic carbocycles. The zero-order chi connectivity index (χ0) is 15.5. The lowest BCUT2D eigenvalue weighted by Gasteiger charge is -2.22. The van der Waals surface area contributed by atoms with Crippen molar-refractivity contribution >= 4 is 39.2 Å². The molecule has 0 unspecified atom stereocenters. The lowest BCUT2D eigenvalue weighted by atomic mass is 10.2. The van der Waals surface area contributed by atoms with E-state index in [1.54, 1.807) is 13.8 Å². The van der Waals surface area contributed by atoms with Crippen LogP contribution in [0.2, 0.25) is 10.0 Å². The summed E-state index contributed by atoms with van der Waals surface area (Å²) in [7, 11) is -3.92. The number of sulfonamides is 1. The molecule has 8 heteroatoms. The highest BCUT2D eigenvalue weighted by molar-refractivity contribution is 7.89. The maximum atomic E-state index is 12.4. The summed E-state index contributed by atoms with van der Waals surface area (Å²) in [5.74, 6) is -1.22. The van der Waals surface area contributed by atoms with Crippen LogP contribution in [0.1, 0.15) is 13.8 Å². The molecule has 0 radical (unpaired) electrons. The molecule has 1 rings (SSSR count). The maximum absolute atomic E-state index is 12.4. The van der Waals surface area contributed by atoms with Gasteiger partial charge < -0.3 is 5.11 Å². The Morgan fingerprint density at radius 3 is 2.35 bits per heavy atom. The van der Waals surface area contributed by atoms with Gasteiger partial charge in [-0.15, -0.1) is 0 Å². The van der Waals surface area contributed by atoms with Gasteiger partial charge >= 0.3 is 5.97 Å². The molecule has 5 nitrogen and oxygen atoms in total. The van der Waals surface area contributed by atoms with Crippen molar-refractivity contribution < 1.29 is 18.3 Å². The van der Waals surface area contributed by atoms with Crippen LogP contribution in [-0.4, -0.2) is 36.9 Å². The highest BCUT2D eigenvalue weighted by atomic mass is 35.5. The topological polar surface area (TPSA) is 74.7 Å². The summed E-state index contributed by atoms with van der Waals surface area (Å²) < 4.78 is 25.8. The zero-order valence-electron chi connectivity index (χ0n) is 11.0. The van der Waals surface area contributed by atoms with Crippen molar-refractivity contribution in [3.8, 4) is 0 Å². The van der Waals surface area contributed by atoms with E-state index < -0.39 is 22.5 Å². The first-order chi connectivity index (χ1) is 9.14. The number of rotatable bonds is 6. The Morgan fingerprint density at radius 2 is 1.90 bits per heavy atom. The Bertz CT molecular complexity index is 601. The third-order valence-corrected chi connectivity index (χ3v) is 4.96. The average molecular weight is 340 g/mol. The molecule has 0 saturated heterocycles.